The molecule has 0 saturated heterocycles. The Balaban J connectivity index is 4.23. The lowest BCUT2D eigenvalue weighted by Crippen LogP contribution is -2.40. The van der Waals surface area contributed by atoms with Gasteiger partial charge in [-0.3, -0.25) is 9.59 Å². The van der Waals surface area contributed by atoms with Crippen LogP contribution in [0.3, 0.4) is 0 Å². The zero-order chi connectivity index (χ0) is 60.5. The summed E-state index contributed by atoms with van der Waals surface area (Å²) in [6.45, 7) is 4.63. The fourth-order valence-electron chi connectivity index (χ4n) is 8.61. The molecule has 0 fully saturated rings. The fourth-order valence-corrected chi connectivity index (χ4v) is 8.61. The molecule has 0 heterocycles. The van der Waals surface area contributed by atoms with Gasteiger partial charge in [0.15, 0.2) is 6.10 Å². The Bertz CT molecular complexity index is 1870. The first-order valence-electron chi connectivity index (χ1n) is 33.0. The highest BCUT2D eigenvalue weighted by molar-refractivity contribution is 5.71. The molecule has 0 amide bonds. The Kier molecular flexibility index (Phi) is 59.5. The minimum Gasteiger partial charge on any atom is -0.477 e. The molecule has 470 valence electrons. The van der Waals surface area contributed by atoms with Crippen molar-refractivity contribution in [3.63, 3.8) is 0 Å². The summed E-state index contributed by atoms with van der Waals surface area (Å²) in [5.74, 6) is -2.03. The van der Waals surface area contributed by atoms with Crippen molar-refractivity contribution < 1.29 is 42.9 Å². The average molecular weight is 1150 g/mol. The average Bonchev–Trinajstić information content (AvgIpc) is 3.47. The summed E-state index contributed by atoms with van der Waals surface area (Å²) in [7, 11) is 5.96. The van der Waals surface area contributed by atoms with Gasteiger partial charge in [-0.15, -0.1) is 0 Å². The smallest absolute Gasteiger partial charge is 0.361 e. The molecule has 0 aromatic carbocycles. The van der Waals surface area contributed by atoms with Gasteiger partial charge in [0.25, 0.3) is 6.29 Å². The minimum atomic E-state index is -1.52. The predicted molar refractivity (Wildman–Crippen MR) is 354 cm³/mol. The van der Waals surface area contributed by atoms with Crippen molar-refractivity contribution in [3.05, 3.63) is 146 Å². The molecule has 0 saturated carbocycles. The maximum atomic E-state index is 12.9. The number of aliphatic carboxylic acids is 1. The Morgan fingerprint density at radius 3 is 0.964 bits per heavy atom. The molecule has 0 aliphatic heterocycles. The maximum absolute atomic E-state index is 12.9. The third-order valence-electron chi connectivity index (χ3n) is 13.6. The van der Waals surface area contributed by atoms with Gasteiger partial charge in [-0.25, -0.2) is 4.79 Å². The van der Waals surface area contributed by atoms with Crippen molar-refractivity contribution in [1.82, 2.24) is 0 Å². The van der Waals surface area contributed by atoms with Crippen LogP contribution in [0, 0.1) is 0 Å². The summed E-state index contributed by atoms with van der Waals surface area (Å²) in [5, 5.41) is 9.74. The van der Waals surface area contributed by atoms with Crippen LogP contribution in [0.5, 0.6) is 0 Å². The molecule has 0 rings (SSSR count). The molecule has 2 unspecified atom stereocenters. The van der Waals surface area contributed by atoms with Crippen LogP contribution in [-0.4, -0.2) is 87.4 Å². The Labute approximate surface area is 509 Å². The van der Waals surface area contributed by atoms with Crippen molar-refractivity contribution in [2.75, 3.05) is 47.5 Å². The molecule has 83 heavy (non-hydrogen) atoms. The number of likely N-dealkylation sites (N-methyl/N-ethyl adjacent to an activating group) is 1. The Hall–Kier alpha value is -4.83. The maximum Gasteiger partial charge on any atom is 0.361 e. The number of hydrogen-bond donors (Lipinski definition) is 1. The van der Waals surface area contributed by atoms with Gasteiger partial charge in [-0.2, -0.15) is 0 Å². The van der Waals surface area contributed by atoms with Crippen LogP contribution in [0.1, 0.15) is 245 Å². The van der Waals surface area contributed by atoms with E-state index < -0.39 is 24.3 Å². The van der Waals surface area contributed by atoms with E-state index in [2.05, 4.69) is 160 Å². The molecule has 0 radical (unpaired) electrons. The van der Waals surface area contributed by atoms with E-state index in [0.717, 1.165) is 135 Å². The number of allylic oxidation sites excluding steroid dienone is 24. The van der Waals surface area contributed by atoms with Gasteiger partial charge in [0, 0.05) is 12.8 Å². The molecule has 0 spiro atoms. The van der Waals surface area contributed by atoms with E-state index in [9.17, 15) is 19.5 Å². The van der Waals surface area contributed by atoms with Gasteiger partial charge in [0.2, 0.25) is 0 Å². The van der Waals surface area contributed by atoms with Crippen LogP contribution in [0.4, 0.5) is 0 Å². The molecule has 0 bridgehead atoms. The van der Waals surface area contributed by atoms with Crippen LogP contribution in [-0.2, 0) is 33.3 Å². The number of unbranched alkanes of at least 4 members (excludes halogenated alkanes) is 20. The number of carbonyl (C=O) groups is 3. The monoisotopic (exact) mass is 1150 g/mol. The normalized spacial score (nSPS) is 13.7. The lowest BCUT2D eigenvalue weighted by molar-refractivity contribution is -0.870. The number of hydrogen-bond acceptors (Lipinski definition) is 7. The second kappa shape index (κ2) is 63.2. The molecule has 0 aromatic heterocycles. The van der Waals surface area contributed by atoms with Crippen LogP contribution in [0.2, 0.25) is 0 Å². The van der Waals surface area contributed by atoms with Crippen LogP contribution >= 0.6 is 0 Å². The highest BCUT2D eigenvalue weighted by atomic mass is 16.7. The number of nitrogens with zero attached hydrogens (tertiary/aromatic N) is 1. The van der Waals surface area contributed by atoms with Gasteiger partial charge in [-0.1, -0.05) is 262 Å². The van der Waals surface area contributed by atoms with Crippen molar-refractivity contribution in [2.24, 2.45) is 0 Å². The van der Waals surface area contributed by atoms with E-state index in [1.54, 1.807) is 0 Å². The number of carboxylic acids is 1. The molecule has 9 nitrogen and oxygen atoms in total. The van der Waals surface area contributed by atoms with E-state index in [0.29, 0.717) is 17.4 Å². The third-order valence-corrected chi connectivity index (χ3v) is 13.6. The van der Waals surface area contributed by atoms with Gasteiger partial charge >= 0.3 is 17.9 Å². The first-order chi connectivity index (χ1) is 40.6. The quantitative estimate of drug-likeness (QED) is 0.0211. The number of esters is 2. The van der Waals surface area contributed by atoms with Crippen molar-refractivity contribution >= 4 is 17.9 Å². The third kappa shape index (κ3) is 64.6. The van der Waals surface area contributed by atoms with Crippen molar-refractivity contribution in [1.29, 1.82) is 0 Å². The molecule has 0 aromatic rings. The number of carboxylic acid groups (broad SMARTS) is 1. The van der Waals surface area contributed by atoms with Crippen LogP contribution in [0.15, 0.2) is 146 Å². The molecule has 9 heteroatoms. The van der Waals surface area contributed by atoms with E-state index >= 15 is 0 Å². The number of carbonyl (C=O) groups excluding carboxylic acids is 2. The van der Waals surface area contributed by atoms with E-state index in [-0.39, 0.29) is 38.6 Å². The summed E-state index contributed by atoms with van der Waals surface area (Å²) in [4.78, 5) is 37.6. The van der Waals surface area contributed by atoms with Gasteiger partial charge < -0.3 is 28.5 Å². The number of quaternary nitrogens is 1. The lowest BCUT2D eigenvalue weighted by Gasteiger charge is -2.25. The molecule has 0 aliphatic rings. The van der Waals surface area contributed by atoms with Crippen molar-refractivity contribution in [2.45, 2.75) is 257 Å². The van der Waals surface area contributed by atoms with Gasteiger partial charge in [0.05, 0.1) is 34.4 Å². The highest BCUT2D eigenvalue weighted by Crippen LogP contribution is 2.16. The lowest BCUT2D eigenvalue weighted by atomic mass is 10.0. The predicted octanol–water partition coefficient (Wildman–Crippen LogP) is 20.3. The Morgan fingerprint density at radius 1 is 0.361 bits per heavy atom. The summed E-state index contributed by atoms with van der Waals surface area (Å²) in [6, 6.07) is 0. The summed E-state index contributed by atoms with van der Waals surface area (Å²) < 4.78 is 22.9. The SMILES string of the molecule is CC/C=C\C/C=C\C/C=C\C/C=C\C/C=C\C/C=C\CCCCCCCCCCCCC(=O)OCC(COC(OCC[N+](C)(C)C)C(=O)O)OC(=O)CCCCCCCCCCCC/C=C\C/C=C\C/C=C\C/C=C\C/C=C\C/C=C\CC. The largest absolute Gasteiger partial charge is 0.477 e. The summed E-state index contributed by atoms with van der Waals surface area (Å²) in [6.07, 6.45) is 89.3. The highest BCUT2D eigenvalue weighted by Gasteiger charge is 2.25. The van der Waals surface area contributed by atoms with Gasteiger partial charge in [-0.05, 0) is 116 Å². The van der Waals surface area contributed by atoms with E-state index in [4.69, 9.17) is 18.9 Å². The molecular formula is C74H122NO8+. The summed E-state index contributed by atoms with van der Waals surface area (Å²) in [5.41, 5.74) is 0. The molecule has 2 atom stereocenters. The zero-order valence-electron chi connectivity index (χ0n) is 53.5. The van der Waals surface area contributed by atoms with Crippen LogP contribution < -0.4 is 0 Å². The first-order valence-corrected chi connectivity index (χ1v) is 33.0. The second-order valence-corrected chi connectivity index (χ2v) is 22.7. The van der Waals surface area contributed by atoms with Crippen molar-refractivity contribution in [3.8, 4) is 0 Å². The van der Waals surface area contributed by atoms with Crippen LogP contribution in [0.25, 0.3) is 0 Å². The number of rotatable bonds is 59. The minimum absolute atomic E-state index is 0.179. The second-order valence-electron chi connectivity index (χ2n) is 22.7. The molecule has 1 N–H and O–H groups in total. The zero-order valence-corrected chi connectivity index (χ0v) is 53.5. The topological polar surface area (TPSA) is 108 Å². The number of ether oxygens (including phenoxy) is 4. The molecule has 0 aliphatic carbocycles. The van der Waals surface area contributed by atoms with Gasteiger partial charge in [0.1, 0.15) is 13.2 Å². The standard InChI is InChI=1S/C74H121NO8/c1-6-8-10-12-14-16-18-20-22-24-26-28-30-32-34-36-38-40-42-44-46-48-50-52-54-56-58-60-62-64-71(76)81-68-70(69-82-74(73(78)79)80-67-66-75(3,4)5)83-72(77)65-63-61-59-57-55-53-51-49-47-45-43-41-39-37-35-33-31-29-27-25-23-21-19-17-15-13-11-9-7-2/h8-11,14-17,20-23,26-29,32-35,38-41,70,74H,6-7,12-13,18-19,24-25,30-31,36-37,42-69H2,1-5H3/p+1/b10-8-,11-9-,16-14-,17-15-,22-20-,23-21-,28-26-,29-27-,34-32-,35-33-,40-38-,41-39-. The van der Waals surface area contributed by atoms with E-state index in [1.807, 2.05) is 21.1 Å². The Morgan fingerprint density at radius 2 is 0.651 bits per heavy atom. The molecular weight excluding hydrogens is 1030 g/mol. The summed E-state index contributed by atoms with van der Waals surface area (Å²) >= 11 is 0. The fraction of sp³-hybridized carbons (Fsp3) is 0.635. The van der Waals surface area contributed by atoms with E-state index in [1.165, 1.54) is 77.0 Å². The first kappa shape index (κ1) is 78.2.